The zero-order valence-corrected chi connectivity index (χ0v) is 13.0. The number of ether oxygens (including phenoxy) is 2. The zero-order valence-electron chi connectivity index (χ0n) is 13.0. The van der Waals surface area contributed by atoms with Crippen LogP contribution in [0.25, 0.3) is 10.8 Å². The van der Waals surface area contributed by atoms with Crippen molar-refractivity contribution in [2.45, 2.75) is 13.3 Å². The van der Waals surface area contributed by atoms with E-state index in [1.54, 1.807) is 6.08 Å². The summed E-state index contributed by atoms with van der Waals surface area (Å²) < 4.78 is 10.7. The molecule has 0 saturated carbocycles. The first-order valence-electron chi connectivity index (χ1n) is 7.17. The third kappa shape index (κ3) is 3.55. The average Bonchev–Trinajstić information content (AvgIpc) is 2.57. The first-order chi connectivity index (χ1) is 10.7. The van der Waals surface area contributed by atoms with Gasteiger partial charge in [0, 0.05) is 5.56 Å². The Hall–Kier alpha value is -2.55. The van der Waals surface area contributed by atoms with Gasteiger partial charge >= 0.3 is 5.97 Å². The molecule has 22 heavy (non-hydrogen) atoms. The minimum atomic E-state index is -0.281. The predicted octanol–water partition coefficient (Wildman–Crippen LogP) is 4.07. The van der Waals surface area contributed by atoms with Gasteiger partial charge in [-0.05, 0) is 29.3 Å². The van der Waals surface area contributed by atoms with Gasteiger partial charge in [-0.1, -0.05) is 49.1 Å². The monoisotopic (exact) mass is 296 g/mol. The third-order valence-electron chi connectivity index (χ3n) is 3.57. The molecule has 0 unspecified atom stereocenters. The molecule has 0 aromatic heterocycles. The average molecular weight is 296 g/mol. The summed E-state index contributed by atoms with van der Waals surface area (Å²) in [5, 5.41) is 2.08. The molecule has 2 aromatic carbocycles. The number of rotatable bonds is 6. The molecule has 0 aliphatic carbocycles. The first kappa shape index (κ1) is 15.8. The van der Waals surface area contributed by atoms with Crippen molar-refractivity contribution < 1.29 is 14.3 Å². The maximum absolute atomic E-state index is 11.7. The topological polar surface area (TPSA) is 35.5 Å². The molecule has 114 valence electrons. The van der Waals surface area contributed by atoms with E-state index in [4.69, 9.17) is 9.47 Å². The van der Waals surface area contributed by atoms with E-state index in [2.05, 4.69) is 6.58 Å². The van der Waals surface area contributed by atoms with Crippen molar-refractivity contribution in [2.24, 2.45) is 0 Å². The second-order valence-corrected chi connectivity index (χ2v) is 4.87. The molecule has 0 heterocycles. The number of fused-ring (bicyclic) bond motifs is 1. The number of methoxy groups -OCH3 is 1. The molecule has 2 aromatic rings. The molecule has 0 bridgehead atoms. The molecule has 0 aliphatic heterocycles. The Morgan fingerprint density at radius 1 is 1.23 bits per heavy atom. The Labute approximate surface area is 130 Å². The summed E-state index contributed by atoms with van der Waals surface area (Å²) in [5.41, 5.74) is 1.85. The van der Waals surface area contributed by atoms with Crippen LogP contribution >= 0.6 is 0 Å². The lowest BCUT2D eigenvalue weighted by Crippen LogP contribution is -2.08. The maximum atomic E-state index is 11.7. The highest BCUT2D eigenvalue weighted by molar-refractivity contribution is 5.91. The van der Waals surface area contributed by atoms with Crippen molar-refractivity contribution >= 4 is 16.7 Å². The van der Waals surface area contributed by atoms with Crippen molar-refractivity contribution in [3.05, 3.63) is 66.3 Å². The SMILES string of the molecule is C=C/C(=C\C)COc1ccc2ccccc2c1CC(=O)OC. The van der Waals surface area contributed by atoms with Gasteiger partial charge in [0.15, 0.2) is 0 Å². The van der Waals surface area contributed by atoms with Crippen LogP contribution < -0.4 is 4.74 Å². The minimum absolute atomic E-state index is 0.187. The molecule has 0 saturated heterocycles. The summed E-state index contributed by atoms with van der Waals surface area (Å²) in [6.45, 7) is 6.12. The van der Waals surface area contributed by atoms with Crippen molar-refractivity contribution in [1.29, 1.82) is 0 Å². The van der Waals surface area contributed by atoms with Crippen molar-refractivity contribution in [1.82, 2.24) is 0 Å². The van der Waals surface area contributed by atoms with Crippen molar-refractivity contribution in [3.8, 4) is 5.75 Å². The predicted molar refractivity (Wildman–Crippen MR) is 89.1 cm³/mol. The Kier molecular flexibility index (Phi) is 5.37. The van der Waals surface area contributed by atoms with Gasteiger partial charge in [-0.2, -0.15) is 0 Å². The summed E-state index contributed by atoms with van der Waals surface area (Å²) in [6, 6.07) is 11.8. The largest absolute Gasteiger partial charge is 0.489 e. The normalized spacial score (nSPS) is 11.3. The molecule has 3 heteroatoms. The fraction of sp³-hybridized carbons (Fsp3) is 0.211. The summed E-state index contributed by atoms with van der Waals surface area (Å²) in [7, 11) is 1.39. The summed E-state index contributed by atoms with van der Waals surface area (Å²) in [4.78, 5) is 11.7. The van der Waals surface area contributed by atoms with E-state index >= 15 is 0 Å². The molecule has 3 nitrogen and oxygen atoms in total. The number of esters is 1. The lowest BCUT2D eigenvalue weighted by molar-refractivity contribution is -0.139. The van der Waals surface area contributed by atoms with Gasteiger partial charge in [0.2, 0.25) is 0 Å². The van der Waals surface area contributed by atoms with Gasteiger partial charge in [0.25, 0.3) is 0 Å². The Bertz CT molecular complexity index is 714. The fourth-order valence-corrected chi connectivity index (χ4v) is 2.27. The second kappa shape index (κ2) is 7.46. The molecule has 0 aliphatic rings. The molecule has 0 radical (unpaired) electrons. The maximum Gasteiger partial charge on any atom is 0.310 e. The Morgan fingerprint density at radius 2 is 2.00 bits per heavy atom. The van der Waals surface area contributed by atoms with Gasteiger partial charge in [-0.25, -0.2) is 0 Å². The second-order valence-electron chi connectivity index (χ2n) is 4.87. The Morgan fingerprint density at radius 3 is 2.68 bits per heavy atom. The van der Waals surface area contributed by atoms with Crippen LogP contribution in [0.3, 0.4) is 0 Å². The molecule has 0 spiro atoms. The highest BCUT2D eigenvalue weighted by Gasteiger charge is 2.13. The van der Waals surface area contributed by atoms with Crippen LogP contribution in [0.5, 0.6) is 5.75 Å². The van der Waals surface area contributed by atoms with E-state index in [1.165, 1.54) is 7.11 Å². The Balaban J connectivity index is 2.41. The molecule has 0 atom stereocenters. The van der Waals surface area contributed by atoms with E-state index < -0.39 is 0 Å². The quantitative estimate of drug-likeness (QED) is 0.595. The van der Waals surface area contributed by atoms with E-state index in [0.29, 0.717) is 12.4 Å². The van der Waals surface area contributed by atoms with Crippen LogP contribution in [0.15, 0.2) is 60.7 Å². The van der Waals surface area contributed by atoms with Crippen molar-refractivity contribution in [2.75, 3.05) is 13.7 Å². The number of allylic oxidation sites excluding steroid dienone is 1. The molecule has 0 amide bonds. The first-order valence-corrected chi connectivity index (χ1v) is 7.17. The summed E-state index contributed by atoms with van der Waals surface area (Å²) >= 11 is 0. The van der Waals surface area contributed by atoms with Gasteiger partial charge < -0.3 is 9.47 Å². The molecular formula is C19H20O3. The van der Waals surface area contributed by atoms with Crippen LogP contribution in [0.1, 0.15) is 12.5 Å². The van der Waals surface area contributed by atoms with Gasteiger partial charge in [-0.3, -0.25) is 4.79 Å². The molecule has 2 rings (SSSR count). The smallest absolute Gasteiger partial charge is 0.310 e. The number of hydrogen-bond donors (Lipinski definition) is 0. The number of carbonyl (C=O) groups excluding carboxylic acids is 1. The van der Waals surface area contributed by atoms with E-state index in [9.17, 15) is 4.79 Å². The number of benzene rings is 2. The number of hydrogen-bond acceptors (Lipinski definition) is 3. The van der Waals surface area contributed by atoms with Crippen LogP contribution in [0.4, 0.5) is 0 Å². The van der Waals surface area contributed by atoms with Crippen LogP contribution in [0, 0.1) is 0 Å². The summed E-state index contributed by atoms with van der Waals surface area (Å²) in [5.74, 6) is 0.418. The minimum Gasteiger partial charge on any atom is -0.489 e. The zero-order chi connectivity index (χ0) is 15.9. The molecule has 0 fully saturated rings. The van der Waals surface area contributed by atoms with Crippen LogP contribution in [-0.4, -0.2) is 19.7 Å². The number of carbonyl (C=O) groups is 1. The van der Waals surface area contributed by atoms with Crippen LogP contribution in [0.2, 0.25) is 0 Å². The lowest BCUT2D eigenvalue weighted by atomic mass is 10.0. The van der Waals surface area contributed by atoms with E-state index in [1.807, 2.05) is 49.4 Å². The highest BCUT2D eigenvalue weighted by Crippen LogP contribution is 2.29. The fourth-order valence-electron chi connectivity index (χ4n) is 2.27. The van der Waals surface area contributed by atoms with Crippen molar-refractivity contribution in [3.63, 3.8) is 0 Å². The molecular weight excluding hydrogens is 276 g/mol. The summed E-state index contributed by atoms with van der Waals surface area (Å²) in [6.07, 6.45) is 3.90. The molecule has 0 N–H and O–H groups in total. The van der Waals surface area contributed by atoms with E-state index in [-0.39, 0.29) is 12.4 Å². The highest BCUT2D eigenvalue weighted by atomic mass is 16.5. The standard InChI is InChI=1S/C19H20O3/c1-4-14(5-2)13-22-18-11-10-15-8-6-7-9-16(15)17(18)12-19(20)21-3/h4-11H,1,12-13H2,2-3H3/b14-5+. The van der Waals surface area contributed by atoms with Gasteiger partial charge in [0.1, 0.15) is 12.4 Å². The van der Waals surface area contributed by atoms with E-state index in [0.717, 1.165) is 21.9 Å². The van der Waals surface area contributed by atoms with Crippen LogP contribution in [-0.2, 0) is 16.0 Å². The third-order valence-corrected chi connectivity index (χ3v) is 3.57. The lowest BCUT2D eigenvalue weighted by Gasteiger charge is -2.14. The van der Waals surface area contributed by atoms with Gasteiger partial charge in [-0.15, -0.1) is 0 Å². The van der Waals surface area contributed by atoms with Gasteiger partial charge in [0.05, 0.1) is 13.5 Å².